The molecule has 4 rings (SSSR count). The largest absolute Gasteiger partial charge is 0.370 e. The van der Waals surface area contributed by atoms with E-state index in [0.29, 0.717) is 5.41 Å². The molecule has 0 radical (unpaired) electrons. The van der Waals surface area contributed by atoms with Gasteiger partial charge < -0.3 is 15.0 Å². The van der Waals surface area contributed by atoms with E-state index in [1.807, 2.05) is 7.05 Å². The van der Waals surface area contributed by atoms with Crippen molar-refractivity contribution in [1.82, 2.24) is 10.2 Å². The van der Waals surface area contributed by atoms with Gasteiger partial charge in [0.15, 0.2) is 5.96 Å². The Hall–Kier alpha value is -0.820. The lowest BCUT2D eigenvalue weighted by atomic mass is 10.00. The molecule has 2 saturated carbocycles. The maximum Gasteiger partial charge on any atom is 0.193 e. The number of morpholine rings is 1. The van der Waals surface area contributed by atoms with Crippen molar-refractivity contribution >= 4 is 29.9 Å². The van der Waals surface area contributed by atoms with Gasteiger partial charge in [0.1, 0.15) is 6.10 Å². The first kappa shape index (κ1) is 19.9. The maximum absolute atomic E-state index is 6.09. The number of benzene rings is 1. The predicted octanol–water partition coefficient (Wildman–Crippen LogP) is 4.06. The van der Waals surface area contributed by atoms with Crippen LogP contribution < -0.4 is 5.32 Å². The summed E-state index contributed by atoms with van der Waals surface area (Å²) in [6, 6.07) is 6.66. The summed E-state index contributed by atoms with van der Waals surface area (Å²) in [6.07, 6.45) is 5.80. The van der Waals surface area contributed by atoms with Gasteiger partial charge in [0.25, 0.3) is 0 Å². The van der Waals surface area contributed by atoms with Crippen LogP contribution in [-0.2, 0) is 4.74 Å². The quantitative estimate of drug-likeness (QED) is 0.411. The zero-order valence-corrected chi connectivity index (χ0v) is 18.6. The lowest BCUT2D eigenvalue weighted by Crippen LogP contribution is -2.49. The van der Waals surface area contributed by atoms with Crippen LogP contribution in [-0.4, -0.2) is 44.1 Å². The number of nitrogens with one attached hydrogen (secondary N) is 1. The van der Waals surface area contributed by atoms with Crippen LogP contribution in [0.15, 0.2) is 23.2 Å². The van der Waals surface area contributed by atoms with Crippen molar-refractivity contribution in [1.29, 1.82) is 0 Å². The summed E-state index contributed by atoms with van der Waals surface area (Å²) in [5.74, 6) is 2.02. The van der Waals surface area contributed by atoms with E-state index in [-0.39, 0.29) is 30.1 Å². The average molecular weight is 469 g/mol. The summed E-state index contributed by atoms with van der Waals surface area (Å²) >= 11 is 0. The van der Waals surface area contributed by atoms with Crippen LogP contribution in [0.3, 0.4) is 0 Å². The van der Waals surface area contributed by atoms with Gasteiger partial charge in [-0.2, -0.15) is 0 Å². The van der Waals surface area contributed by atoms with Crippen molar-refractivity contribution in [3.8, 4) is 0 Å². The Balaban J connectivity index is 0.00000196. The van der Waals surface area contributed by atoms with E-state index in [9.17, 15) is 0 Å². The number of rotatable bonds is 4. The van der Waals surface area contributed by atoms with E-state index in [0.717, 1.165) is 38.1 Å². The lowest BCUT2D eigenvalue weighted by molar-refractivity contribution is -0.00841. The first-order valence-electron chi connectivity index (χ1n) is 9.76. The molecule has 3 aliphatic rings. The lowest BCUT2D eigenvalue weighted by Gasteiger charge is -2.36. The monoisotopic (exact) mass is 469 g/mol. The minimum absolute atomic E-state index is 0. The van der Waals surface area contributed by atoms with Crippen LogP contribution in [0.4, 0.5) is 0 Å². The molecule has 1 aliphatic heterocycles. The fourth-order valence-electron chi connectivity index (χ4n) is 4.39. The molecule has 1 N–H and O–H groups in total. The highest BCUT2D eigenvalue weighted by atomic mass is 127. The summed E-state index contributed by atoms with van der Waals surface area (Å²) in [7, 11) is 1.90. The summed E-state index contributed by atoms with van der Waals surface area (Å²) in [6.45, 7) is 7.97. The SMILES string of the molecule is CN=C(NCC1(C2CC2)CC1)N1CCOC(c2ccc(C)cc2C)C1.I. The zero-order chi connectivity index (χ0) is 17.4. The Kier molecular flexibility index (Phi) is 6.17. The molecule has 1 aromatic carbocycles. The van der Waals surface area contributed by atoms with Crippen molar-refractivity contribution in [2.24, 2.45) is 16.3 Å². The van der Waals surface area contributed by atoms with E-state index in [1.54, 1.807) is 0 Å². The molecule has 1 atom stereocenters. The van der Waals surface area contributed by atoms with Gasteiger partial charge in [-0.05, 0) is 62.0 Å². The minimum atomic E-state index is 0. The van der Waals surface area contributed by atoms with Crippen molar-refractivity contribution in [3.05, 3.63) is 34.9 Å². The molecule has 0 bridgehead atoms. The first-order chi connectivity index (χ1) is 12.1. The third kappa shape index (κ3) is 4.19. The number of halogens is 1. The molecule has 144 valence electrons. The fourth-order valence-corrected chi connectivity index (χ4v) is 4.39. The molecule has 0 aromatic heterocycles. The third-order valence-electron chi connectivity index (χ3n) is 6.28. The fraction of sp³-hybridized carbons (Fsp3) is 0.667. The smallest absolute Gasteiger partial charge is 0.193 e. The van der Waals surface area contributed by atoms with Crippen LogP contribution in [0, 0.1) is 25.2 Å². The Morgan fingerprint density at radius 3 is 2.69 bits per heavy atom. The van der Waals surface area contributed by atoms with Crippen LogP contribution in [0.1, 0.15) is 48.5 Å². The molecule has 0 spiro atoms. The normalized spacial score (nSPS) is 24.8. The van der Waals surface area contributed by atoms with Crippen molar-refractivity contribution in [2.45, 2.75) is 45.6 Å². The van der Waals surface area contributed by atoms with Crippen LogP contribution in [0.5, 0.6) is 0 Å². The third-order valence-corrected chi connectivity index (χ3v) is 6.28. The Morgan fingerprint density at radius 2 is 2.08 bits per heavy atom. The van der Waals surface area contributed by atoms with Crippen LogP contribution in [0.25, 0.3) is 0 Å². The number of hydrogen-bond acceptors (Lipinski definition) is 2. The number of hydrogen-bond donors (Lipinski definition) is 1. The van der Waals surface area contributed by atoms with Gasteiger partial charge in [-0.3, -0.25) is 4.99 Å². The molecule has 1 aromatic rings. The van der Waals surface area contributed by atoms with Crippen molar-refractivity contribution < 1.29 is 4.74 Å². The summed E-state index contributed by atoms with van der Waals surface area (Å²) in [5.41, 5.74) is 4.53. The summed E-state index contributed by atoms with van der Waals surface area (Å²) in [4.78, 5) is 6.93. The summed E-state index contributed by atoms with van der Waals surface area (Å²) in [5, 5.41) is 3.68. The maximum atomic E-state index is 6.09. The minimum Gasteiger partial charge on any atom is -0.370 e. The molecule has 5 heteroatoms. The van der Waals surface area contributed by atoms with E-state index in [1.165, 1.54) is 42.4 Å². The van der Waals surface area contributed by atoms with Crippen molar-refractivity contribution in [3.63, 3.8) is 0 Å². The van der Waals surface area contributed by atoms with Gasteiger partial charge in [0, 0.05) is 20.1 Å². The highest BCUT2D eigenvalue weighted by Crippen LogP contribution is 2.60. The van der Waals surface area contributed by atoms with Gasteiger partial charge in [0.2, 0.25) is 0 Å². The predicted molar refractivity (Wildman–Crippen MR) is 117 cm³/mol. The second-order valence-electron chi connectivity index (χ2n) is 8.20. The van der Waals surface area contributed by atoms with Gasteiger partial charge in [-0.15, -0.1) is 24.0 Å². The van der Waals surface area contributed by atoms with Crippen LogP contribution in [0.2, 0.25) is 0 Å². The standard InChI is InChI=1S/C21H31N3O.HI/c1-15-4-7-18(16(2)12-15)19-13-24(10-11-25-19)20(22-3)23-14-21(8-9-21)17-5-6-17;/h4,7,12,17,19H,5-6,8-11,13-14H2,1-3H3,(H,22,23);1H. The molecular formula is C21H32IN3O. The van der Waals surface area contributed by atoms with Gasteiger partial charge in [0.05, 0.1) is 13.2 Å². The van der Waals surface area contributed by atoms with Gasteiger partial charge >= 0.3 is 0 Å². The molecule has 0 amide bonds. The number of guanidine groups is 1. The molecule has 26 heavy (non-hydrogen) atoms. The van der Waals surface area contributed by atoms with E-state index in [4.69, 9.17) is 4.74 Å². The molecule has 4 nitrogen and oxygen atoms in total. The molecule has 1 heterocycles. The molecule has 1 unspecified atom stereocenters. The average Bonchev–Trinajstić information content (AvgIpc) is 3.49. The molecular weight excluding hydrogens is 437 g/mol. The van der Waals surface area contributed by atoms with Gasteiger partial charge in [-0.1, -0.05) is 23.8 Å². The number of ether oxygens (including phenoxy) is 1. The number of aryl methyl sites for hydroxylation is 2. The van der Waals surface area contributed by atoms with Crippen LogP contribution >= 0.6 is 24.0 Å². The highest BCUT2D eigenvalue weighted by Gasteiger charge is 2.53. The van der Waals surface area contributed by atoms with E-state index < -0.39 is 0 Å². The Morgan fingerprint density at radius 1 is 1.31 bits per heavy atom. The van der Waals surface area contributed by atoms with Crippen molar-refractivity contribution in [2.75, 3.05) is 33.3 Å². The van der Waals surface area contributed by atoms with E-state index in [2.05, 4.69) is 47.3 Å². The Bertz CT molecular complexity index is 667. The number of aliphatic imine (C=N–C) groups is 1. The molecule has 3 fully saturated rings. The second-order valence-corrected chi connectivity index (χ2v) is 8.20. The highest BCUT2D eigenvalue weighted by molar-refractivity contribution is 14.0. The van der Waals surface area contributed by atoms with Gasteiger partial charge in [-0.25, -0.2) is 0 Å². The second kappa shape index (κ2) is 8.05. The molecule has 2 aliphatic carbocycles. The Labute approximate surface area is 174 Å². The molecule has 1 saturated heterocycles. The summed E-state index contributed by atoms with van der Waals surface area (Å²) < 4.78 is 6.09. The van der Waals surface area contributed by atoms with E-state index >= 15 is 0 Å². The topological polar surface area (TPSA) is 36.9 Å². The number of nitrogens with zero attached hydrogens (tertiary/aromatic N) is 2. The zero-order valence-electron chi connectivity index (χ0n) is 16.3. The first-order valence-corrected chi connectivity index (χ1v) is 9.76.